The lowest BCUT2D eigenvalue weighted by atomic mass is 10.0. The molecule has 19 heavy (non-hydrogen) atoms. The first-order valence-corrected chi connectivity index (χ1v) is 5.46. The van der Waals surface area contributed by atoms with Gasteiger partial charge in [-0.3, -0.25) is 0 Å². The lowest BCUT2D eigenvalue weighted by Crippen LogP contribution is -2.05. The summed E-state index contributed by atoms with van der Waals surface area (Å²) in [5, 5.41) is 0. The zero-order valence-electron chi connectivity index (χ0n) is 10.1. The topological polar surface area (TPSA) is 52.3 Å². The number of hydrogen-bond donors (Lipinski definition) is 1. The number of carbonyl (C=O) groups is 1. The molecule has 0 aliphatic carbocycles. The molecule has 0 aromatic heterocycles. The highest BCUT2D eigenvalue weighted by atomic mass is 19.1. The van der Waals surface area contributed by atoms with Gasteiger partial charge in [0.1, 0.15) is 11.6 Å². The standard InChI is InChI=1S/C14H11F2NO2/c1-19-14(18)11-4-2-8(6-13(11)17)10-5-3-9(15)7-12(10)16/h2-7H,17H2,1H3. The smallest absolute Gasteiger partial charge is 0.339 e. The highest BCUT2D eigenvalue weighted by molar-refractivity contribution is 5.96. The molecule has 0 aliphatic rings. The first-order chi connectivity index (χ1) is 9.02. The van der Waals surface area contributed by atoms with Crippen LogP contribution in [0.25, 0.3) is 11.1 Å². The van der Waals surface area contributed by atoms with E-state index in [2.05, 4.69) is 4.74 Å². The summed E-state index contributed by atoms with van der Waals surface area (Å²) in [6, 6.07) is 7.68. The Morgan fingerprint density at radius 2 is 1.89 bits per heavy atom. The monoisotopic (exact) mass is 263 g/mol. The van der Waals surface area contributed by atoms with Gasteiger partial charge in [-0.1, -0.05) is 6.07 Å². The molecule has 2 rings (SSSR count). The molecule has 2 aromatic rings. The molecule has 5 heteroatoms. The normalized spacial score (nSPS) is 10.3. The summed E-state index contributed by atoms with van der Waals surface area (Å²) >= 11 is 0. The number of carbonyl (C=O) groups excluding carboxylic acids is 1. The van der Waals surface area contributed by atoms with Crippen molar-refractivity contribution in [3.8, 4) is 11.1 Å². The molecule has 2 N–H and O–H groups in total. The number of nitrogens with two attached hydrogens (primary N) is 1. The average molecular weight is 263 g/mol. The third kappa shape index (κ3) is 2.54. The van der Waals surface area contributed by atoms with Gasteiger partial charge in [0, 0.05) is 17.3 Å². The van der Waals surface area contributed by atoms with Crippen molar-refractivity contribution >= 4 is 11.7 Å². The Bertz CT molecular complexity index is 641. The Kier molecular flexibility index (Phi) is 3.46. The van der Waals surface area contributed by atoms with Crippen LogP contribution in [0.5, 0.6) is 0 Å². The summed E-state index contributed by atoms with van der Waals surface area (Å²) in [5.74, 6) is -1.91. The first-order valence-electron chi connectivity index (χ1n) is 5.46. The summed E-state index contributed by atoms with van der Waals surface area (Å²) < 4.78 is 31.0. The lowest BCUT2D eigenvalue weighted by Gasteiger charge is -2.08. The van der Waals surface area contributed by atoms with E-state index >= 15 is 0 Å². The Morgan fingerprint density at radius 1 is 1.16 bits per heavy atom. The Balaban J connectivity index is 2.47. The van der Waals surface area contributed by atoms with Crippen LogP contribution in [0, 0.1) is 11.6 Å². The molecular weight excluding hydrogens is 252 g/mol. The van der Waals surface area contributed by atoms with Gasteiger partial charge >= 0.3 is 5.97 Å². The second-order valence-electron chi connectivity index (χ2n) is 3.92. The molecule has 0 saturated heterocycles. The van der Waals surface area contributed by atoms with Crippen LogP contribution >= 0.6 is 0 Å². The lowest BCUT2D eigenvalue weighted by molar-refractivity contribution is 0.0602. The van der Waals surface area contributed by atoms with Crippen molar-refractivity contribution in [2.75, 3.05) is 12.8 Å². The summed E-state index contributed by atoms with van der Waals surface area (Å²) in [4.78, 5) is 11.4. The molecule has 0 fully saturated rings. The van der Waals surface area contributed by atoms with E-state index in [0.717, 1.165) is 12.1 Å². The molecule has 0 radical (unpaired) electrons. The van der Waals surface area contributed by atoms with Crippen molar-refractivity contribution in [1.29, 1.82) is 0 Å². The van der Waals surface area contributed by atoms with Crippen molar-refractivity contribution < 1.29 is 18.3 Å². The third-order valence-corrected chi connectivity index (χ3v) is 2.70. The van der Waals surface area contributed by atoms with Crippen LogP contribution < -0.4 is 5.73 Å². The van der Waals surface area contributed by atoms with Gasteiger partial charge in [-0.05, 0) is 29.8 Å². The third-order valence-electron chi connectivity index (χ3n) is 2.70. The van der Waals surface area contributed by atoms with E-state index in [1.165, 1.54) is 31.4 Å². The van der Waals surface area contributed by atoms with Crippen LogP contribution in [0.3, 0.4) is 0 Å². The van der Waals surface area contributed by atoms with Crippen LogP contribution in [0.1, 0.15) is 10.4 Å². The quantitative estimate of drug-likeness (QED) is 0.669. The Labute approximate surface area is 108 Å². The molecular formula is C14H11F2NO2. The van der Waals surface area contributed by atoms with Crippen LogP contribution in [-0.2, 0) is 4.74 Å². The van der Waals surface area contributed by atoms with Gasteiger partial charge in [0.15, 0.2) is 0 Å². The number of esters is 1. The first kappa shape index (κ1) is 13.0. The van der Waals surface area contributed by atoms with Gasteiger partial charge < -0.3 is 10.5 Å². The van der Waals surface area contributed by atoms with Gasteiger partial charge in [0.05, 0.1) is 12.7 Å². The molecule has 0 saturated carbocycles. The van der Waals surface area contributed by atoms with E-state index in [1.807, 2.05) is 0 Å². The summed E-state index contributed by atoms with van der Waals surface area (Å²) in [6.45, 7) is 0. The highest BCUT2D eigenvalue weighted by Gasteiger charge is 2.12. The summed E-state index contributed by atoms with van der Waals surface area (Å²) in [6.07, 6.45) is 0. The Morgan fingerprint density at radius 3 is 2.47 bits per heavy atom. The average Bonchev–Trinajstić information content (AvgIpc) is 2.37. The molecule has 0 heterocycles. The summed E-state index contributed by atoms with van der Waals surface area (Å²) in [5.41, 5.74) is 6.77. The van der Waals surface area contributed by atoms with E-state index in [0.29, 0.717) is 5.56 Å². The van der Waals surface area contributed by atoms with Gasteiger partial charge in [-0.2, -0.15) is 0 Å². The number of hydrogen-bond acceptors (Lipinski definition) is 3. The highest BCUT2D eigenvalue weighted by Crippen LogP contribution is 2.27. The zero-order valence-corrected chi connectivity index (χ0v) is 10.1. The number of rotatable bonds is 2. The predicted molar refractivity (Wildman–Crippen MR) is 67.5 cm³/mol. The van der Waals surface area contributed by atoms with Crippen LogP contribution in [0.15, 0.2) is 36.4 Å². The molecule has 0 aliphatic heterocycles. The SMILES string of the molecule is COC(=O)c1ccc(-c2ccc(F)cc2F)cc1N. The van der Waals surface area contributed by atoms with Crippen LogP contribution in [0.2, 0.25) is 0 Å². The molecule has 0 spiro atoms. The van der Waals surface area contributed by atoms with Gasteiger partial charge in [-0.15, -0.1) is 0 Å². The Hall–Kier alpha value is -2.43. The molecule has 0 unspecified atom stereocenters. The van der Waals surface area contributed by atoms with Gasteiger partial charge in [-0.25, -0.2) is 13.6 Å². The van der Waals surface area contributed by atoms with E-state index in [4.69, 9.17) is 5.73 Å². The minimum atomic E-state index is -0.690. The van der Waals surface area contributed by atoms with Gasteiger partial charge in [0.2, 0.25) is 0 Å². The minimum absolute atomic E-state index is 0.174. The van der Waals surface area contributed by atoms with Gasteiger partial charge in [0.25, 0.3) is 0 Å². The molecule has 0 atom stereocenters. The number of halogens is 2. The van der Waals surface area contributed by atoms with Crippen molar-refractivity contribution in [3.05, 3.63) is 53.6 Å². The summed E-state index contributed by atoms with van der Waals surface area (Å²) in [7, 11) is 1.25. The fourth-order valence-corrected chi connectivity index (χ4v) is 1.75. The number of benzene rings is 2. The van der Waals surface area contributed by atoms with Crippen LogP contribution in [-0.4, -0.2) is 13.1 Å². The number of nitrogen functional groups attached to an aromatic ring is 1. The maximum absolute atomic E-state index is 13.6. The van der Waals surface area contributed by atoms with E-state index in [-0.39, 0.29) is 16.8 Å². The molecule has 0 bridgehead atoms. The van der Waals surface area contributed by atoms with Crippen molar-refractivity contribution in [2.45, 2.75) is 0 Å². The van der Waals surface area contributed by atoms with Crippen molar-refractivity contribution in [2.24, 2.45) is 0 Å². The van der Waals surface area contributed by atoms with Crippen molar-refractivity contribution in [3.63, 3.8) is 0 Å². The molecule has 0 amide bonds. The van der Waals surface area contributed by atoms with Crippen LogP contribution in [0.4, 0.5) is 14.5 Å². The molecule has 2 aromatic carbocycles. The predicted octanol–water partition coefficient (Wildman–Crippen LogP) is 3.00. The maximum atomic E-state index is 13.6. The minimum Gasteiger partial charge on any atom is -0.465 e. The fourth-order valence-electron chi connectivity index (χ4n) is 1.75. The van der Waals surface area contributed by atoms with E-state index < -0.39 is 17.6 Å². The maximum Gasteiger partial charge on any atom is 0.339 e. The fraction of sp³-hybridized carbons (Fsp3) is 0.0714. The number of methoxy groups -OCH3 is 1. The number of anilines is 1. The molecule has 3 nitrogen and oxygen atoms in total. The number of ether oxygens (including phenoxy) is 1. The van der Waals surface area contributed by atoms with E-state index in [9.17, 15) is 13.6 Å². The zero-order chi connectivity index (χ0) is 14.0. The van der Waals surface area contributed by atoms with E-state index in [1.54, 1.807) is 0 Å². The molecule has 98 valence electrons. The largest absolute Gasteiger partial charge is 0.465 e. The van der Waals surface area contributed by atoms with Crippen molar-refractivity contribution in [1.82, 2.24) is 0 Å². The second kappa shape index (κ2) is 5.06. The second-order valence-corrected chi connectivity index (χ2v) is 3.92.